The number of rotatable bonds is 4. The minimum atomic E-state index is -0.594. The third kappa shape index (κ3) is 2.93. The van der Waals surface area contributed by atoms with Crippen LogP contribution in [0.1, 0.15) is 37.5 Å². The molecule has 5 nitrogen and oxygen atoms in total. The number of halogens is 1. The van der Waals surface area contributed by atoms with Crippen LogP contribution in [-0.2, 0) is 12.0 Å². The van der Waals surface area contributed by atoms with Gasteiger partial charge in [-0.05, 0) is 37.1 Å². The Labute approximate surface area is 131 Å². The van der Waals surface area contributed by atoms with E-state index in [-0.39, 0.29) is 6.61 Å². The molecule has 1 fully saturated rings. The maximum Gasteiger partial charge on any atom is 0.253 e. The molecular weight excluding hydrogens is 334 g/mol. The summed E-state index contributed by atoms with van der Waals surface area (Å²) in [6.45, 7) is 0.205. The predicted molar refractivity (Wildman–Crippen MR) is 78.5 cm³/mol. The molecule has 1 aromatic heterocycles. The van der Waals surface area contributed by atoms with Gasteiger partial charge in [-0.2, -0.15) is 5.26 Å². The van der Waals surface area contributed by atoms with E-state index in [2.05, 4.69) is 32.2 Å². The predicted octanol–water partition coefficient (Wildman–Crippen LogP) is 3.75. The average molecular weight is 348 g/mol. The van der Waals surface area contributed by atoms with Crippen LogP contribution < -0.4 is 4.74 Å². The average Bonchev–Trinajstić information content (AvgIpc) is 3.16. The molecule has 1 heterocycles. The second kappa shape index (κ2) is 5.86. The van der Waals surface area contributed by atoms with Crippen molar-refractivity contribution < 1.29 is 9.15 Å². The monoisotopic (exact) mass is 347 g/mol. The number of aromatic nitrogens is 2. The number of hydrogen-bond acceptors (Lipinski definition) is 5. The van der Waals surface area contributed by atoms with Crippen molar-refractivity contribution in [2.24, 2.45) is 0 Å². The molecule has 2 aromatic rings. The molecule has 0 bridgehead atoms. The van der Waals surface area contributed by atoms with E-state index in [0.717, 1.165) is 35.9 Å². The molecule has 0 atom stereocenters. The van der Waals surface area contributed by atoms with Crippen LogP contribution in [0.15, 0.2) is 33.2 Å². The third-order valence-corrected chi connectivity index (χ3v) is 4.25. The molecule has 1 aromatic carbocycles. The normalized spacial score (nSPS) is 16.6. The fourth-order valence-electron chi connectivity index (χ4n) is 2.53. The highest BCUT2D eigenvalue weighted by Crippen LogP contribution is 2.39. The van der Waals surface area contributed by atoms with Crippen LogP contribution in [0.3, 0.4) is 0 Å². The largest absolute Gasteiger partial charge is 0.484 e. The molecule has 0 amide bonds. The highest BCUT2D eigenvalue weighted by molar-refractivity contribution is 9.10. The zero-order valence-electron chi connectivity index (χ0n) is 11.4. The van der Waals surface area contributed by atoms with Crippen molar-refractivity contribution in [1.29, 1.82) is 5.26 Å². The van der Waals surface area contributed by atoms with E-state index in [1.807, 2.05) is 24.3 Å². The number of benzene rings is 1. The number of nitriles is 1. The van der Waals surface area contributed by atoms with Crippen LogP contribution in [0, 0.1) is 11.3 Å². The van der Waals surface area contributed by atoms with E-state index in [4.69, 9.17) is 9.15 Å². The Morgan fingerprint density at radius 3 is 2.62 bits per heavy atom. The number of ether oxygens (including phenoxy) is 1. The van der Waals surface area contributed by atoms with Crippen LogP contribution in [0.4, 0.5) is 0 Å². The first-order valence-corrected chi connectivity index (χ1v) is 7.64. The highest BCUT2D eigenvalue weighted by Gasteiger charge is 2.41. The molecule has 0 N–H and O–H groups in total. The molecular formula is C15H14BrN3O2. The van der Waals surface area contributed by atoms with E-state index in [0.29, 0.717) is 11.8 Å². The van der Waals surface area contributed by atoms with Gasteiger partial charge in [-0.3, -0.25) is 0 Å². The zero-order chi connectivity index (χ0) is 14.7. The summed E-state index contributed by atoms with van der Waals surface area (Å²) in [5.41, 5.74) is -0.594. The van der Waals surface area contributed by atoms with Gasteiger partial charge in [-0.15, -0.1) is 10.2 Å². The van der Waals surface area contributed by atoms with Gasteiger partial charge in [0.05, 0.1) is 6.07 Å². The molecule has 108 valence electrons. The second-order valence-electron chi connectivity index (χ2n) is 5.14. The minimum absolute atomic E-state index is 0.205. The summed E-state index contributed by atoms with van der Waals surface area (Å²) in [6, 6.07) is 9.86. The number of hydrogen-bond donors (Lipinski definition) is 0. The van der Waals surface area contributed by atoms with Gasteiger partial charge in [-0.25, -0.2) is 0 Å². The van der Waals surface area contributed by atoms with Gasteiger partial charge in [0.1, 0.15) is 11.2 Å². The summed E-state index contributed by atoms with van der Waals surface area (Å²) in [7, 11) is 0. The Hall–Kier alpha value is -1.87. The summed E-state index contributed by atoms with van der Waals surface area (Å²) in [6.07, 6.45) is 3.64. The molecule has 3 rings (SSSR count). The molecule has 0 unspecified atom stereocenters. The van der Waals surface area contributed by atoms with Gasteiger partial charge in [-0.1, -0.05) is 28.8 Å². The lowest BCUT2D eigenvalue weighted by atomic mass is 9.88. The van der Waals surface area contributed by atoms with Gasteiger partial charge in [0.2, 0.25) is 5.89 Å². The van der Waals surface area contributed by atoms with Gasteiger partial charge in [0, 0.05) is 4.47 Å². The fourth-order valence-corrected chi connectivity index (χ4v) is 2.80. The van der Waals surface area contributed by atoms with Crippen molar-refractivity contribution >= 4 is 15.9 Å². The molecule has 0 aliphatic heterocycles. The lowest BCUT2D eigenvalue weighted by molar-refractivity contribution is 0.252. The van der Waals surface area contributed by atoms with Crippen molar-refractivity contribution in [3.63, 3.8) is 0 Å². The summed E-state index contributed by atoms with van der Waals surface area (Å²) in [5, 5.41) is 17.4. The maximum absolute atomic E-state index is 9.40. The summed E-state index contributed by atoms with van der Waals surface area (Å²) in [4.78, 5) is 0. The van der Waals surface area contributed by atoms with Crippen molar-refractivity contribution in [1.82, 2.24) is 10.2 Å². The Morgan fingerprint density at radius 2 is 1.95 bits per heavy atom. The minimum Gasteiger partial charge on any atom is -0.484 e. The Kier molecular flexibility index (Phi) is 3.93. The van der Waals surface area contributed by atoms with E-state index in [9.17, 15) is 5.26 Å². The van der Waals surface area contributed by atoms with E-state index < -0.39 is 5.41 Å². The van der Waals surface area contributed by atoms with Gasteiger partial charge in [0.15, 0.2) is 6.61 Å². The Bertz CT molecular complexity index is 654. The van der Waals surface area contributed by atoms with Gasteiger partial charge >= 0.3 is 0 Å². The zero-order valence-corrected chi connectivity index (χ0v) is 13.0. The van der Waals surface area contributed by atoms with E-state index in [1.165, 1.54) is 0 Å². The quantitative estimate of drug-likeness (QED) is 0.842. The Morgan fingerprint density at radius 1 is 1.24 bits per heavy atom. The van der Waals surface area contributed by atoms with Crippen molar-refractivity contribution in [2.45, 2.75) is 37.7 Å². The highest BCUT2D eigenvalue weighted by atomic mass is 79.9. The van der Waals surface area contributed by atoms with Gasteiger partial charge < -0.3 is 9.15 Å². The topological polar surface area (TPSA) is 71.9 Å². The first-order valence-electron chi connectivity index (χ1n) is 6.84. The smallest absolute Gasteiger partial charge is 0.253 e. The first-order chi connectivity index (χ1) is 10.2. The molecule has 0 radical (unpaired) electrons. The summed E-state index contributed by atoms with van der Waals surface area (Å²) >= 11 is 3.37. The molecule has 6 heteroatoms. The summed E-state index contributed by atoms with van der Waals surface area (Å²) < 4.78 is 12.2. The van der Waals surface area contributed by atoms with Crippen LogP contribution in [0.25, 0.3) is 0 Å². The molecule has 0 spiro atoms. The van der Waals surface area contributed by atoms with Gasteiger partial charge in [0.25, 0.3) is 5.89 Å². The van der Waals surface area contributed by atoms with E-state index >= 15 is 0 Å². The van der Waals surface area contributed by atoms with Crippen LogP contribution >= 0.6 is 15.9 Å². The van der Waals surface area contributed by atoms with Crippen LogP contribution in [-0.4, -0.2) is 10.2 Å². The molecule has 1 aliphatic carbocycles. The van der Waals surface area contributed by atoms with Crippen molar-refractivity contribution in [2.75, 3.05) is 0 Å². The SMILES string of the molecule is N#CC1(c2nnc(COc3ccc(Br)cc3)o2)CCCC1. The van der Waals surface area contributed by atoms with E-state index in [1.54, 1.807) is 0 Å². The lowest BCUT2D eigenvalue weighted by Crippen LogP contribution is -2.19. The molecule has 21 heavy (non-hydrogen) atoms. The van der Waals surface area contributed by atoms with Crippen LogP contribution in [0.5, 0.6) is 5.75 Å². The molecule has 0 saturated heterocycles. The first kappa shape index (κ1) is 14.1. The summed E-state index contributed by atoms with van der Waals surface area (Å²) in [5.74, 6) is 1.56. The maximum atomic E-state index is 9.40. The van der Waals surface area contributed by atoms with Crippen molar-refractivity contribution in [3.05, 3.63) is 40.5 Å². The lowest BCUT2D eigenvalue weighted by Gasteiger charge is -2.13. The molecule has 1 aliphatic rings. The third-order valence-electron chi connectivity index (χ3n) is 3.72. The standard InChI is InChI=1S/C15H14BrN3O2/c16-11-3-5-12(6-4-11)20-9-13-18-19-14(21-13)15(10-17)7-1-2-8-15/h3-6H,1-2,7-9H2. The second-order valence-corrected chi connectivity index (χ2v) is 6.06. The number of nitrogens with zero attached hydrogens (tertiary/aromatic N) is 3. The van der Waals surface area contributed by atoms with Crippen molar-refractivity contribution in [3.8, 4) is 11.8 Å². The Balaban J connectivity index is 1.68. The van der Waals surface area contributed by atoms with Crippen LogP contribution in [0.2, 0.25) is 0 Å². The fraction of sp³-hybridized carbons (Fsp3) is 0.400. The molecule has 1 saturated carbocycles.